The van der Waals surface area contributed by atoms with Crippen LogP contribution >= 0.6 is 15.9 Å². The van der Waals surface area contributed by atoms with Crippen LogP contribution in [0.25, 0.3) is 6.08 Å². The second kappa shape index (κ2) is 4.46. The number of benzene rings is 1. The van der Waals surface area contributed by atoms with Crippen molar-refractivity contribution in [2.75, 3.05) is 5.33 Å². The standard InChI is InChI=1S/C11H13Br/c1-9-5-6-11(4-3-7-12)10(2)8-9/h3-6,8H,7H2,1-2H3. The molecule has 1 aromatic rings. The van der Waals surface area contributed by atoms with E-state index in [1.165, 1.54) is 16.7 Å². The second-order valence-electron chi connectivity index (χ2n) is 2.92. The van der Waals surface area contributed by atoms with Gasteiger partial charge in [-0.3, -0.25) is 0 Å². The molecular formula is C11H13Br. The van der Waals surface area contributed by atoms with Crippen molar-refractivity contribution in [3.05, 3.63) is 41.0 Å². The maximum Gasteiger partial charge on any atom is 0.0215 e. The van der Waals surface area contributed by atoms with Crippen LogP contribution in [-0.4, -0.2) is 5.33 Å². The largest absolute Gasteiger partial charge is 0.0883 e. The molecule has 0 aromatic heterocycles. The first-order valence-electron chi connectivity index (χ1n) is 4.04. The highest BCUT2D eigenvalue weighted by atomic mass is 79.9. The van der Waals surface area contributed by atoms with E-state index in [9.17, 15) is 0 Å². The molecule has 0 spiro atoms. The molecule has 1 aromatic carbocycles. The average molecular weight is 225 g/mol. The topological polar surface area (TPSA) is 0 Å². The average Bonchev–Trinajstić information content (AvgIpc) is 2.03. The van der Waals surface area contributed by atoms with Crippen molar-refractivity contribution in [3.63, 3.8) is 0 Å². The zero-order valence-electron chi connectivity index (χ0n) is 7.47. The van der Waals surface area contributed by atoms with Crippen molar-refractivity contribution < 1.29 is 0 Å². The summed E-state index contributed by atoms with van der Waals surface area (Å²) in [5.74, 6) is 0. The number of hydrogen-bond acceptors (Lipinski definition) is 0. The first kappa shape index (κ1) is 9.53. The fraction of sp³-hybridized carbons (Fsp3) is 0.273. The van der Waals surface area contributed by atoms with E-state index in [1.807, 2.05) is 0 Å². The molecule has 0 radical (unpaired) electrons. The van der Waals surface area contributed by atoms with Crippen LogP contribution in [0.2, 0.25) is 0 Å². The monoisotopic (exact) mass is 224 g/mol. The third-order valence-electron chi connectivity index (χ3n) is 1.81. The van der Waals surface area contributed by atoms with Gasteiger partial charge in [0.05, 0.1) is 0 Å². The molecule has 0 atom stereocenters. The number of hydrogen-bond donors (Lipinski definition) is 0. The fourth-order valence-corrected chi connectivity index (χ4v) is 1.37. The highest BCUT2D eigenvalue weighted by Crippen LogP contribution is 2.11. The predicted molar refractivity (Wildman–Crippen MR) is 58.7 cm³/mol. The third kappa shape index (κ3) is 2.49. The van der Waals surface area contributed by atoms with E-state index in [4.69, 9.17) is 0 Å². The van der Waals surface area contributed by atoms with Crippen LogP contribution in [0.3, 0.4) is 0 Å². The van der Waals surface area contributed by atoms with Crippen LogP contribution in [0, 0.1) is 13.8 Å². The van der Waals surface area contributed by atoms with Gasteiger partial charge >= 0.3 is 0 Å². The summed E-state index contributed by atoms with van der Waals surface area (Å²) in [7, 11) is 0. The summed E-state index contributed by atoms with van der Waals surface area (Å²) in [6.45, 7) is 4.26. The van der Waals surface area contributed by atoms with Gasteiger partial charge in [-0.15, -0.1) is 0 Å². The van der Waals surface area contributed by atoms with E-state index in [1.54, 1.807) is 0 Å². The first-order valence-corrected chi connectivity index (χ1v) is 5.16. The molecule has 0 amide bonds. The summed E-state index contributed by atoms with van der Waals surface area (Å²) < 4.78 is 0. The molecule has 0 N–H and O–H groups in total. The van der Waals surface area contributed by atoms with Crippen molar-refractivity contribution in [1.82, 2.24) is 0 Å². The number of halogens is 1. The van der Waals surface area contributed by atoms with E-state index >= 15 is 0 Å². The van der Waals surface area contributed by atoms with Crippen LogP contribution in [0.15, 0.2) is 24.3 Å². The number of allylic oxidation sites excluding steroid dienone is 1. The molecule has 0 bridgehead atoms. The van der Waals surface area contributed by atoms with Crippen LogP contribution < -0.4 is 0 Å². The lowest BCUT2D eigenvalue weighted by molar-refractivity contribution is 1.37. The highest BCUT2D eigenvalue weighted by Gasteiger charge is 1.92. The lowest BCUT2D eigenvalue weighted by Gasteiger charge is -2.00. The minimum absolute atomic E-state index is 0.917. The smallest absolute Gasteiger partial charge is 0.0215 e. The molecule has 0 fully saturated rings. The Labute approximate surface area is 82.4 Å². The van der Waals surface area contributed by atoms with Gasteiger partial charge in [-0.1, -0.05) is 51.8 Å². The van der Waals surface area contributed by atoms with E-state index < -0.39 is 0 Å². The van der Waals surface area contributed by atoms with Crippen LogP contribution in [0.4, 0.5) is 0 Å². The summed E-state index contributed by atoms with van der Waals surface area (Å²) in [4.78, 5) is 0. The van der Waals surface area contributed by atoms with Gasteiger partial charge in [-0.05, 0) is 25.0 Å². The van der Waals surface area contributed by atoms with Crippen molar-refractivity contribution in [2.45, 2.75) is 13.8 Å². The molecule has 1 rings (SSSR count). The lowest BCUT2D eigenvalue weighted by atomic mass is 10.1. The Bertz CT molecular complexity index is 287. The third-order valence-corrected chi connectivity index (χ3v) is 2.19. The van der Waals surface area contributed by atoms with Crippen LogP contribution in [0.1, 0.15) is 16.7 Å². The molecular weight excluding hydrogens is 212 g/mol. The van der Waals surface area contributed by atoms with Gasteiger partial charge in [-0.25, -0.2) is 0 Å². The van der Waals surface area contributed by atoms with Gasteiger partial charge in [0.2, 0.25) is 0 Å². The summed E-state index contributed by atoms with van der Waals surface area (Å²) >= 11 is 3.36. The van der Waals surface area contributed by atoms with Gasteiger partial charge in [0.1, 0.15) is 0 Å². The van der Waals surface area contributed by atoms with E-state index in [0.717, 1.165) is 5.33 Å². The van der Waals surface area contributed by atoms with Crippen molar-refractivity contribution in [1.29, 1.82) is 0 Å². The fourth-order valence-electron chi connectivity index (χ4n) is 1.18. The first-order chi connectivity index (χ1) is 5.74. The van der Waals surface area contributed by atoms with Gasteiger partial charge in [-0.2, -0.15) is 0 Å². The minimum atomic E-state index is 0.917. The molecule has 0 heterocycles. The van der Waals surface area contributed by atoms with Gasteiger partial charge in [0.25, 0.3) is 0 Å². The van der Waals surface area contributed by atoms with E-state index in [-0.39, 0.29) is 0 Å². The van der Waals surface area contributed by atoms with Gasteiger partial charge < -0.3 is 0 Å². The lowest BCUT2D eigenvalue weighted by Crippen LogP contribution is -1.81. The van der Waals surface area contributed by atoms with Gasteiger partial charge in [0.15, 0.2) is 0 Å². The Kier molecular flexibility index (Phi) is 3.54. The molecule has 0 saturated heterocycles. The summed E-state index contributed by atoms with van der Waals surface area (Å²) in [5.41, 5.74) is 3.97. The normalized spacial score (nSPS) is 10.9. The zero-order chi connectivity index (χ0) is 8.97. The maximum atomic E-state index is 3.36. The summed E-state index contributed by atoms with van der Waals surface area (Å²) in [5, 5.41) is 0.917. The van der Waals surface area contributed by atoms with Crippen molar-refractivity contribution >= 4 is 22.0 Å². The molecule has 0 aliphatic heterocycles. The summed E-state index contributed by atoms with van der Waals surface area (Å²) in [6.07, 6.45) is 4.25. The molecule has 64 valence electrons. The predicted octanol–water partition coefficient (Wildman–Crippen LogP) is 3.71. The molecule has 0 saturated carbocycles. The Morgan fingerprint density at radius 2 is 2.08 bits per heavy atom. The molecule has 12 heavy (non-hydrogen) atoms. The van der Waals surface area contributed by atoms with E-state index in [0.29, 0.717) is 0 Å². The van der Waals surface area contributed by atoms with Crippen molar-refractivity contribution in [2.24, 2.45) is 0 Å². The molecule has 1 heteroatoms. The SMILES string of the molecule is Cc1ccc(C=CCBr)c(C)c1. The van der Waals surface area contributed by atoms with Crippen molar-refractivity contribution in [3.8, 4) is 0 Å². The molecule has 0 unspecified atom stereocenters. The maximum absolute atomic E-state index is 3.36. The van der Waals surface area contributed by atoms with Crippen LogP contribution in [-0.2, 0) is 0 Å². The molecule has 0 aliphatic rings. The Balaban J connectivity index is 2.94. The highest BCUT2D eigenvalue weighted by molar-refractivity contribution is 9.09. The molecule has 0 aliphatic carbocycles. The quantitative estimate of drug-likeness (QED) is 0.673. The second-order valence-corrected chi connectivity index (χ2v) is 3.56. The zero-order valence-corrected chi connectivity index (χ0v) is 9.06. The van der Waals surface area contributed by atoms with E-state index in [2.05, 4.69) is 60.1 Å². The van der Waals surface area contributed by atoms with Gasteiger partial charge in [0, 0.05) is 5.33 Å². The Morgan fingerprint density at radius 3 is 2.67 bits per heavy atom. The summed E-state index contributed by atoms with van der Waals surface area (Å²) in [6, 6.07) is 6.50. The Morgan fingerprint density at radius 1 is 1.33 bits per heavy atom. The number of alkyl halides is 1. The molecule has 0 nitrogen and oxygen atoms in total. The van der Waals surface area contributed by atoms with Crippen LogP contribution in [0.5, 0.6) is 0 Å². The Hall–Kier alpha value is -0.560. The number of rotatable bonds is 2. The number of aryl methyl sites for hydroxylation is 2. The minimum Gasteiger partial charge on any atom is -0.0883 e.